The lowest BCUT2D eigenvalue weighted by Crippen LogP contribution is -2.36. The summed E-state index contributed by atoms with van der Waals surface area (Å²) in [6.45, 7) is 5.99. The van der Waals surface area contributed by atoms with Crippen molar-refractivity contribution in [3.8, 4) is 0 Å². The van der Waals surface area contributed by atoms with Crippen LogP contribution in [0.1, 0.15) is 84.0 Å². The number of rotatable bonds is 18. The Bertz CT molecular complexity index is 396. The predicted molar refractivity (Wildman–Crippen MR) is 110 cm³/mol. The fraction of sp³-hybridized carbons (Fsp3) is 0.909. The summed E-state index contributed by atoms with van der Waals surface area (Å²) in [5, 5.41) is 3.06. The normalized spacial score (nSPS) is 14.9. The van der Waals surface area contributed by atoms with Gasteiger partial charge < -0.3 is 19.5 Å². The van der Waals surface area contributed by atoms with Gasteiger partial charge >= 0.3 is 0 Å². The molecule has 28 heavy (non-hydrogen) atoms. The van der Waals surface area contributed by atoms with Crippen molar-refractivity contribution in [3.05, 3.63) is 0 Å². The van der Waals surface area contributed by atoms with Crippen LogP contribution in [0.5, 0.6) is 0 Å². The van der Waals surface area contributed by atoms with Gasteiger partial charge in [-0.25, -0.2) is 0 Å². The van der Waals surface area contributed by atoms with E-state index in [4.69, 9.17) is 14.2 Å². The van der Waals surface area contributed by atoms with Crippen molar-refractivity contribution in [2.24, 2.45) is 0 Å². The number of nitrogens with one attached hydrogen (secondary N) is 1. The zero-order valence-electron chi connectivity index (χ0n) is 17.8. The second-order valence-electron chi connectivity index (χ2n) is 7.59. The van der Waals surface area contributed by atoms with Crippen molar-refractivity contribution in [2.45, 2.75) is 90.0 Å². The minimum atomic E-state index is 0.0272. The van der Waals surface area contributed by atoms with E-state index >= 15 is 0 Å². The van der Waals surface area contributed by atoms with Gasteiger partial charge in [-0.2, -0.15) is 0 Å². The number of ketones is 1. The Kier molecular flexibility index (Phi) is 16.2. The number of unbranched alkanes of at least 4 members (excludes halogenated alkanes) is 2. The Morgan fingerprint density at radius 2 is 1.36 bits per heavy atom. The van der Waals surface area contributed by atoms with Crippen LogP contribution in [0.4, 0.5) is 0 Å². The molecule has 0 saturated heterocycles. The second kappa shape index (κ2) is 18.1. The van der Waals surface area contributed by atoms with E-state index in [-0.39, 0.29) is 11.7 Å². The van der Waals surface area contributed by atoms with Crippen LogP contribution in [0.15, 0.2) is 0 Å². The summed E-state index contributed by atoms with van der Waals surface area (Å²) in [7, 11) is 0. The van der Waals surface area contributed by atoms with E-state index < -0.39 is 0 Å². The monoisotopic (exact) mass is 399 g/mol. The van der Waals surface area contributed by atoms with Gasteiger partial charge in [-0.05, 0) is 32.1 Å². The molecule has 1 N–H and O–H groups in total. The molecule has 0 bridgehead atoms. The first-order valence-corrected chi connectivity index (χ1v) is 11.3. The van der Waals surface area contributed by atoms with Crippen LogP contribution >= 0.6 is 0 Å². The molecule has 164 valence electrons. The van der Waals surface area contributed by atoms with Gasteiger partial charge in [0.15, 0.2) is 0 Å². The molecule has 1 saturated carbocycles. The lowest BCUT2D eigenvalue weighted by molar-refractivity contribution is -0.126. The summed E-state index contributed by atoms with van der Waals surface area (Å²) in [6, 6.07) is 0.325. The summed E-state index contributed by atoms with van der Waals surface area (Å²) in [5.74, 6) is 0.199. The van der Waals surface area contributed by atoms with E-state index in [2.05, 4.69) is 12.2 Å². The van der Waals surface area contributed by atoms with Crippen LogP contribution < -0.4 is 5.32 Å². The molecule has 0 atom stereocenters. The summed E-state index contributed by atoms with van der Waals surface area (Å²) in [4.78, 5) is 23.8. The van der Waals surface area contributed by atoms with Crippen molar-refractivity contribution in [1.29, 1.82) is 0 Å². The number of hydrogen-bond donors (Lipinski definition) is 1. The van der Waals surface area contributed by atoms with Crippen LogP contribution in [0.2, 0.25) is 0 Å². The smallest absolute Gasteiger partial charge is 0.220 e. The van der Waals surface area contributed by atoms with Gasteiger partial charge in [0.2, 0.25) is 5.91 Å². The fourth-order valence-electron chi connectivity index (χ4n) is 3.24. The molecule has 6 nitrogen and oxygen atoms in total. The zero-order valence-corrected chi connectivity index (χ0v) is 17.8. The molecule has 0 heterocycles. The number of carbonyl (C=O) groups is 2. The maximum atomic E-state index is 11.9. The number of carbonyl (C=O) groups excluding carboxylic acids is 2. The lowest BCUT2D eigenvalue weighted by atomic mass is 9.95. The zero-order chi connectivity index (χ0) is 20.3. The summed E-state index contributed by atoms with van der Waals surface area (Å²) >= 11 is 0. The summed E-state index contributed by atoms with van der Waals surface area (Å²) < 4.78 is 16.3. The Hall–Kier alpha value is -0.980. The molecule has 0 unspecified atom stereocenters. The molecule has 0 aromatic rings. The van der Waals surface area contributed by atoms with Gasteiger partial charge in [0.1, 0.15) is 5.78 Å². The van der Waals surface area contributed by atoms with Gasteiger partial charge in [-0.15, -0.1) is 0 Å². The summed E-state index contributed by atoms with van der Waals surface area (Å²) in [5.41, 5.74) is 0. The molecule has 0 spiro atoms. The average Bonchev–Trinajstić information content (AvgIpc) is 2.70. The van der Waals surface area contributed by atoms with Gasteiger partial charge in [0.05, 0.1) is 26.4 Å². The maximum absolute atomic E-state index is 11.9. The minimum Gasteiger partial charge on any atom is -0.379 e. The molecule has 0 radical (unpaired) electrons. The average molecular weight is 400 g/mol. The van der Waals surface area contributed by atoms with E-state index in [0.29, 0.717) is 58.3 Å². The Morgan fingerprint density at radius 3 is 2.00 bits per heavy atom. The predicted octanol–water partition coefficient (Wildman–Crippen LogP) is 3.80. The second-order valence-corrected chi connectivity index (χ2v) is 7.59. The first kappa shape index (κ1) is 25.1. The SMILES string of the molecule is CCCCOCCOCCOCCCCC(=O)CCC(=O)NC1CCCCC1. The van der Waals surface area contributed by atoms with E-state index in [1.54, 1.807) is 0 Å². The highest BCUT2D eigenvalue weighted by molar-refractivity contribution is 5.85. The van der Waals surface area contributed by atoms with Crippen LogP contribution in [-0.4, -0.2) is 57.4 Å². The minimum absolute atomic E-state index is 0.0272. The fourth-order valence-corrected chi connectivity index (χ4v) is 3.24. The molecule has 1 fully saturated rings. The third-order valence-electron chi connectivity index (χ3n) is 4.98. The lowest BCUT2D eigenvalue weighted by Gasteiger charge is -2.22. The third-order valence-corrected chi connectivity index (χ3v) is 4.98. The first-order chi connectivity index (χ1) is 13.7. The van der Waals surface area contributed by atoms with E-state index in [1.165, 1.54) is 19.3 Å². The molecule has 0 aromatic carbocycles. The topological polar surface area (TPSA) is 73.9 Å². The molecule has 1 amide bonds. The van der Waals surface area contributed by atoms with Gasteiger partial charge in [-0.1, -0.05) is 32.6 Å². The molecule has 0 aromatic heterocycles. The van der Waals surface area contributed by atoms with Crippen molar-refractivity contribution < 1.29 is 23.8 Å². The number of amides is 1. The van der Waals surface area contributed by atoms with Crippen molar-refractivity contribution in [2.75, 3.05) is 39.6 Å². The van der Waals surface area contributed by atoms with Gasteiger partial charge in [-0.3, -0.25) is 9.59 Å². The van der Waals surface area contributed by atoms with Crippen LogP contribution in [0.25, 0.3) is 0 Å². The van der Waals surface area contributed by atoms with Crippen molar-refractivity contribution in [3.63, 3.8) is 0 Å². The molecule has 1 rings (SSSR count). The highest BCUT2D eigenvalue weighted by Crippen LogP contribution is 2.17. The van der Waals surface area contributed by atoms with Crippen LogP contribution in [0, 0.1) is 0 Å². The quantitative estimate of drug-likeness (QED) is 0.355. The maximum Gasteiger partial charge on any atom is 0.220 e. The number of ether oxygens (including phenoxy) is 3. The van der Waals surface area contributed by atoms with E-state index in [1.807, 2.05) is 0 Å². The molecular weight excluding hydrogens is 358 g/mol. The molecule has 6 heteroatoms. The number of hydrogen-bond acceptors (Lipinski definition) is 5. The third kappa shape index (κ3) is 15.0. The molecule has 0 aliphatic heterocycles. The molecular formula is C22H41NO5. The van der Waals surface area contributed by atoms with Gasteiger partial charge in [0.25, 0.3) is 0 Å². The van der Waals surface area contributed by atoms with Crippen molar-refractivity contribution in [1.82, 2.24) is 5.32 Å². The van der Waals surface area contributed by atoms with E-state index in [0.717, 1.165) is 45.1 Å². The Labute approximate surface area is 171 Å². The highest BCUT2D eigenvalue weighted by atomic mass is 16.5. The molecule has 1 aliphatic carbocycles. The van der Waals surface area contributed by atoms with Crippen LogP contribution in [0.3, 0.4) is 0 Å². The van der Waals surface area contributed by atoms with Crippen molar-refractivity contribution >= 4 is 11.7 Å². The van der Waals surface area contributed by atoms with Gasteiger partial charge in [0, 0.05) is 38.5 Å². The van der Waals surface area contributed by atoms with E-state index in [9.17, 15) is 9.59 Å². The first-order valence-electron chi connectivity index (χ1n) is 11.3. The number of Topliss-reactive ketones (excluding diaryl/α,β-unsaturated/α-hetero) is 1. The Balaban J connectivity index is 1.81. The van der Waals surface area contributed by atoms with Crippen LogP contribution in [-0.2, 0) is 23.8 Å². The Morgan fingerprint density at radius 1 is 0.750 bits per heavy atom. The summed E-state index contributed by atoms with van der Waals surface area (Å²) in [6.07, 6.45) is 11.0. The standard InChI is InChI=1S/C22H41NO5/c1-2-3-14-26-16-18-28-19-17-27-15-8-7-11-21(24)12-13-22(25)23-20-9-5-4-6-10-20/h20H,2-19H2,1H3,(H,23,25). The highest BCUT2D eigenvalue weighted by Gasteiger charge is 2.16. The molecule has 1 aliphatic rings. The largest absolute Gasteiger partial charge is 0.379 e.